The van der Waals surface area contributed by atoms with E-state index in [9.17, 15) is 9.59 Å². The number of para-hydroxylation sites is 1. The van der Waals surface area contributed by atoms with Crippen LogP contribution in [-0.4, -0.2) is 50.1 Å². The molecule has 1 spiro atoms. The zero-order valence-corrected chi connectivity index (χ0v) is 14.4. The Hall–Kier alpha value is -1.88. The number of hydrogen-bond donors (Lipinski definition) is 0. The average Bonchev–Trinajstić information content (AvgIpc) is 2.63. The van der Waals surface area contributed by atoms with Crippen LogP contribution >= 0.6 is 0 Å². The maximum absolute atomic E-state index is 13.2. The molecule has 2 aliphatic rings. The third kappa shape index (κ3) is 3.31. The summed E-state index contributed by atoms with van der Waals surface area (Å²) in [6.07, 6.45) is 4.03. The molecule has 0 aromatic heterocycles. The van der Waals surface area contributed by atoms with Gasteiger partial charge in [0.05, 0.1) is 18.4 Å². The number of rotatable bonds is 4. The maximum Gasteiger partial charge on any atom is 0.234 e. The third-order valence-electron chi connectivity index (χ3n) is 5.25. The third-order valence-corrected chi connectivity index (χ3v) is 5.25. The van der Waals surface area contributed by atoms with E-state index in [-0.39, 0.29) is 11.8 Å². The van der Waals surface area contributed by atoms with Crippen LogP contribution in [0.1, 0.15) is 32.1 Å². The van der Waals surface area contributed by atoms with E-state index >= 15 is 0 Å². The van der Waals surface area contributed by atoms with Crippen LogP contribution in [0.2, 0.25) is 0 Å². The van der Waals surface area contributed by atoms with Crippen LogP contribution in [0.25, 0.3) is 0 Å². The molecule has 2 saturated heterocycles. The summed E-state index contributed by atoms with van der Waals surface area (Å²) in [6.45, 7) is 2.51. The van der Waals surface area contributed by atoms with Crippen molar-refractivity contribution in [3.05, 3.63) is 30.3 Å². The van der Waals surface area contributed by atoms with Gasteiger partial charge in [-0.25, -0.2) is 0 Å². The number of hydrogen-bond acceptors (Lipinski definition) is 3. The van der Waals surface area contributed by atoms with Gasteiger partial charge in [0.2, 0.25) is 11.8 Å². The number of likely N-dealkylation sites (tertiary alicyclic amines) is 1. The lowest BCUT2D eigenvalue weighted by Crippen LogP contribution is -2.57. The fraction of sp³-hybridized carbons (Fsp3) is 0.579. The van der Waals surface area contributed by atoms with Crippen molar-refractivity contribution in [1.82, 2.24) is 4.90 Å². The van der Waals surface area contributed by atoms with Crippen molar-refractivity contribution < 1.29 is 14.3 Å². The molecule has 0 bridgehead atoms. The lowest BCUT2D eigenvalue weighted by molar-refractivity contribution is -0.142. The Morgan fingerprint density at radius 3 is 2.58 bits per heavy atom. The largest absolute Gasteiger partial charge is 0.384 e. The second-order valence-corrected chi connectivity index (χ2v) is 6.84. The van der Waals surface area contributed by atoms with Gasteiger partial charge in [0.1, 0.15) is 0 Å². The highest BCUT2D eigenvalue weighted by atomic mass is 16.5. The van der Waals surface area contributed by atoms with E-state index in [4.69, 9.17) is 4.74 Å². The van der Waals surface area contributed by atoms with Gasteiger partial charge in [-0.2, -0.15) is 0 Å². The van der Waals surface area contributed by atoms with Crippen molar-refractivity contribution in [1.29, 1.82) is 0 Å². The van der Waals surface area contributed by atoms with Crippen molar-refractivity contribution >= 4 is 17.5 Å². The molecule has 5 nitrogen and oxygen atoms in total. The normalized spacial score (nSPS) is 24.5. The predicted molar refractivity (Wildman–Crippen MR) is 92.8 cm³/mol. The van der Waals surface area contributed by atoms with E-state index in [1.54, 1.807) is 7.11 Å². The Morgan fingerprint density at radius 2 is 1.88 bits per heavy atom. The van der Waals surface area contributed by atoms with Crippen LogP contribution in [0.4, 0.5) is 5.69 Å². The molecule has 2 aliphatic heterocycles. The van der Waals surface area contributed by atoms with Gasteiger partial charge >= 0.3 is 0 Å². The van der Waals surface area contributed by atoms with Gasteiger partial charge in [-0.15, -0.1) is 0 Å². The van der Waals surface area contributed by atoms with E-state index in [1.807, 2.05) is 40.1 Å². The number of anilines is 1. The molecule has 0 radical (unpaired) electrons. The van der Waals surface area contributed by atoms with Crippen molar-refractivity contribution in [2.24, 2.45) is 5.41 Å². The van der Waals surface area contributed by atoms with E-state index in [0.717, 1.165) is 44.5 Å². The summed E-state index contributed by atoms with van der Waals surface area (Å²) in [7, 11) is 1.60. The Bertz CT molecular complexity index is 586. The summed E-state index contributed by atoms with van der Waals surface area (Å²) in [4.78, 5) is 29.4. The molecule has 130 valence electrons. The summed E-state index contributed by atoms with van der Waals surface area (Å²) >= 11 is 0. The number of amides is 2. The number of piperidine rings is 2. The van der Waals surface area contributed by atoms with Gasteiger partial charge in [-0.05, 0) is 37.8 Å². The Balaban J connectivity index is 1.76. The van der Waals surface area contributed by atoms with E-state index in [0.29, 0.717) is 19.6 Å². The highest BCUT2D eigenvalue weighted by Crippen LogP contribution is 2.41. The first-order chi connectivity index (χ1) is 11.7. The zero-order valence-electron chi connectivity index (χ0n) is 14.4. The molecule has 2 fully saturated rings. The fourth-order valence-corrected chi connectivity index (χ4v) is 4.00. The molecule has 1 atom stereocenters. The Morgan fingerprint density at radius 1 is 1.17 bits per heavy atom. The fourth-order valence-electron chi connectivity index (χ4n) is 4.00. The summed E-state index contributed by atoms with van der Waals surface area (Å²) in [5.41, 5.74) is 0.555. The molecule has 0 saturated carbocycles. The number of carbonyl (C=O) groups is 2. The van der Waals surface area contributed by atoms with Crippen LogP contribution in [-0.2, 0) is 14.3 Å². The minimum atomic E-state index is -0.408. The van der Waals surface area contributed by atoms with Crippen molar-refractivity contribution in [2.45, 2.75) is 32.1 Å². The Labute approximate surface area is 143 Å². The molecule has 1 aromatic carbocycles. The molecule has 24 heavy (non-hydrogen) atoms. The molecular weight excluding hydrogens is 304 g/mol. The van der Waals surface area contributed by atoms with E-state index < -0.39 is 5.41 Å². The summed E-state index contributed by atoms with van der Waals surface area (Å²) in [6, 6.07) is 9.86. The second kappa shape index (κ2) is 7.34. The van der Waals surface area contributed by atoms with Crippen molar-refractivity contribution in [3.63, 3.8) is 0 Å². The standard InChI is InChI=1S/C19H26N2O3/c1-24-14-9-17(22)20-12-5-10-19(15-20)11-6-13-21(18(19)23)16-7-3-2-4-8-16/h2-4,7-8H,5-6,9-15H2,1H3. The van der Waals surface area contributed by atoms with Gasteiger partial charge in [-0.1, -0.05) is 18.2 Å². The first kappa shape index (κ1) is 17.0. The van der Waals surface area contributed by atoms with Crippen LogP contribution in [0.5, 0.6) is 0 Å². The quantitative estimate of drug-likeness (QED) is 0.852. The number of methoxy groups -OCH3 is 1. The molecule has 0 N–H and O–H groups in total. The summed E-state index contributed by atoms with van der Waals surface area (Å²) < 4.78 is 5.01. The average molecular weight is 330 g/mol. The van der Waals surface area contributed by atoms with E-state index in [2.05, 4.69) is 0 Å². The van der Waals surface area contributed by atoms with Gasteiger partial charge in [0.25, 0.3) is 0 Å². The molecule has 5 heteroatoms. The minimum absolute atomic E-state index is 0.0977. The summed E-state index contributed by atoms with van der Waals surface area (Å²) in [5, 5.41) is 0. The van der Waals surface area contributed by atoms with Crippen LogP contribution in [0.3, 0.4) is 0 Å². The van der Waals surface area contributed by atoms with Crippen LogP contribution in [0, 0.1) is 5.41 Å². The van der Waals surface area contributed by atoms with Crippen molar-refractivity contribution in [3.8, 4) is 0 Å². The highest BCUT2D eigenvalue weighted by Gasteiger charge is 2.47. The lowest BCUT2D eigenvalue weighted by atomic mass is 9.72. The van der Waals surface area contributed by atoms with Gasteiger partial charge < -0.3 is 14.5 Å². The zero-order chi connectivity index (χ0) is 17.0. The number of nitrogens with zero attached hydrogens (tertiary/aromatic N) is 2. The molecular formula is C19H26N2O3. The van der Waals surface area contributed by atoms with Crippen LogP contribution in [0.15, 0.2) is 30.3 Å². The first-order valence-electron chi connectivity index (χ1n) is 8.80. The molecule has 3 rings (SSSR count). The Kier molecular flexibility index (Phi) is 5.19. The smallest absolute Gasteiger partial charge is 0.234 e. The number of benzene rings is 1. The van der Waals surface area contributed by atoms with E-state index in [1.165, 1.54) is 0 Å². The number of ether oxygens (including phenoxy) is 1. The minimum Gasteiger partial charge on any atom is -0.384 e. The maximum atomic E-state index is 13.2. The topological polar surface area (TPSA) is 49.9 Å². The monoisotopic (exact) mass is 330 g/mol. The first-order valence-corrected chi connectivity index (χ1v) is 8.80. The summed E-state index contributed by atoms with van der Waals surface area (Å²) in [5.74, 6) is 0.282. The highest BCUT2D eigenvalue weighted by molar-refractivity contribution is 5.99. The number of carbonyl (C=O) groups excluding carboxylic acids is 2. The van der Waals surface area contributed by atoms with Gasteiger partial charge in [-0.3, -0.25) is 9.59 Å². The van der Waals surface area contributed by atoms with Crippen LogP contribution < -0.4 is 4.90 Å². The lowest BCUT2D eigenvalue weighted by Gasteiger charge is -2.47. The molecule has 1 aromatic rings. The predicted octanol–water partition coefficient (Wildman–Crippen LogP) is 2.46. The second-order valence-electron chi connectivity index (χ2n) is 6.84. The molecule has 0 aliphatic carbocycles. The molecule has 2 heterocycles. The van der Waals surface area contributed by atoms with Crippen molar-refractivity contribution in [2.75, 3.05) is 38.3 Å². The van der Waals surface area contributed by atoms with Gasteiger partial charge in [0, 0.05) is 32.4 Å². The molecule has 2 amide bonds. The van der Waals surface area contributed by atoms with Gasteiger partial charge in [0.15, 0.2) is 0 Å². The SMILES string of the molecule is COCCC(=O)N1CCCC2(CCCN(c3ccccc3)C2=O)C1. The molecule has 1 unspecified atom stereocenters.